The van der Waals surface area contributed by atoms with Gasteiger partial charge < -0.3 is 10.1 Å². The van der Waals surface area contributed by atoms with E-state index < -0.39 is 23.6 Å². The molecule has 0 fully saturated rings. The number of carbonyl (C=O) groups excluding carboxylic acids is 1. The van der Waals surface area contributed by atoms with Crippen LogP contribution in [0.5, 0.6) is 0 Å². The van der Waals surface area contributed by atoms with E-state index in [1.54, 1.807) is 6.92 Å². The van der Waals surface area contributed by atoms with Crippen molar-refractivity contribution in [2.24, 2.45) is 0 Å². The third-order valence-corrected chi connectivity index (χ3v) is 2.21. The SMILES string of the molecule is CCNC(C(=O)OCC)c1ccc(F)c(F)c1. The van der Waals surface area contributed by atoms with Gasteiger partial charge in [-0.3, -0.25) is 0 Å². The van der Waals surface area contributed by atoms with Crippen molar-refractivity contribution in [2.75, 3.05) is 13.2 Å². The minimum atomic E-state index is -0.977. The van der Waals surface area contributed by atoms with Crippen LogP contribution in [0, 0.1) is 11.6 Å². The van der Waals surface area contributed by atoms with E-state index in [4.69, 9.17) is 4.74 Å². The first-order valence-electron chi connectivity index (χ1n) is 5.45. The molecule has 0 aromatic heterocycles. The fourth-order valence-electron chi connectivity index (χ4n) is 1.46. The lowest BCUT2D eigenvalue weighted by Crippen LogP contribution is -2.30. The number of carbonyl (C=O) groups is 1. The van der Waals surface area contributed by atoms with Gasteiger partial charge in [-0.15, -0.1) is 0 Å². The molecule has 1 rings (SSSR count). The van der Waals surface area contributed by atoms with Gasteiger partial charge in [0.15, 0.2) is 11.6 Å². The van der Waals surface area contributed by atoms with E-state index in [1.807, 2.05) is 6.92 Å². The third kappa shape index (κ3) is 3.49. The molecular formula is C12H15F2NO2. The number of ether oxygens (including phenoxy) is 1. The van der Waals surface area contributed by atoms with Crippen molar-refractivity contribution in [1.82, 2.24) is 5.32 Å². The van der Waals surface area contributed by atoms with Crippen LogP contribution in [0.15, 0.2) is 18.2 Å². The molecule has 0 heterocycles. The molecule has 0 amide bonds. The predicted octanol–water partition coefficient (Wildman–Crippen LogP) is 2.18. The Morgan fingerprint density at radius 3 is 2.59 bits per heavy atom. The van der Waals surface area contributed by atoms with Crippen LogP contribution >= 0.6 is 0 Å². The van der Waals surface area contributed by atoms with Gasteiger partial charge in [0, 0.05) is 0 Å². The Kier molecular flexibility index (Phi) is 5.03. The van der Waals surface area contributed by atoms with Crippen molar-refractivity contribution in [3.8, 4) is 0 Å². The topological polar surface area (TPSA) is 38.3 Å². The highest BCUT2D eigenvalue weighted by atomic mass is 19.2. The van der Waals surface area contributed by atoms with Gasteiger partial charge in [0.1, 0.15) is 6.04 Å². The molecule has 0 aliphatic rings. The monoisotopic (exact) mass is 243 g/mol. The predicted molar refractivity (Wildman–Crippen MR) is 59.4 cm³/mol. The first-order chi connectivity index (χ1) is 8.10. The van der Waals surface area contributed by atoms with Crippen molar-refractivity contribution >= 4 is 5.97 Å². The Balaban J connectivity index is 2.96. The second-order valence-electron chi connectivity index (χ2n) is 3.42. The lowest BCUT2D eigenvalue weighted by molar-refractivity contribution is -0.145. The zero-order valence-electron chi connectivity index (χ0n) is 9.80. The fraction of sp³-hybridized carbons (Fsp3) is 0.417. The number of esters is 1. The van der Waals surface area contributed by atoms with Gasteiger partial charge in [-0.25, -0.2) is 13.6 Å². The standard InChI is InChI=1S/C12H15F2NO2/c1-3-15-11(12(16)17-4-2)8-5-6-9(13)10(14)7-8/h5-7,11,15H,3-4H2,1-2H3. The van der Waals surface area contributed by atoms with Crippen LogP contribution in [0.1, 0.15) is 25.5 Å². The maximum atomic E-state index is 13.1. The summed E-state index contributed by atoms with van der Waals surface area (Å²) in [4.78, 5) is 11.6. The van der Waals surface area contributed by atoms with E-state index >= 15 is 0 Å². The van der Waals surface area contributed by atoms with Crippen molar-refractivity contribution in [3.63, 3.8) is 0 Å². The van der Waals surface area contributed by atoms with E-state index in [-0.39, 0.29) is 6.61 Å². The molecule has 5 heteroatoms. The Morgan fingerprint density at radius 1 is 1.35 bits per heavy atom. The molecule has 3 nitrogen and oxygen atoms in total. The molecule has 0 saturated carbocycles. The van der Waals surface area contributed by atoms with E-state index in [1.165, 1.54) is 6.07 Å². The molecule has 1 atom stereocenters. The minimum Gasteiger partial charge on any atom is -0.465 e. The van der Waals surface area contributed by atoms with E-state index in [2.05, 4.69) is 5.32 Å². The number of halogens is 2. The second kappa shape index (κ2) is 6.30. The minimum absolute atomic E-state index is 0.240. The lowest BCUT2D eigenvalue weighted by Gasteiger charge is -2.16. The highest BCUT2D eigenvalue weighted by Crippen LogP contribution is 2.17. The number of benzene rings is 1. The number of likely N-dealkylation sites (N-methyl/N-ethyl adjacent to an activating group) is 1. The molecule has 1 aromatic rings. The van der Waals surface area contributed by atoms with E-state index in [9.17, 15) is 13.6 Å². The molecule has 0 bridgehead atoms. The van der Waals surface area contributed by atoms with Gasteiger partial charge in [-0.1, -0.05) is 13.0 Å². The van der Waals surface area contributed by atoms with Gasteiger partial charge in [0.25, 0.3) is 0 Å². The van der Waals surface area contributed by atoms with Crippen LogP contribution in [0.25, 0.3) is 0 Å². The molecule has 0 radical (unpaired) electrons. The van der Waals surface area contributed by atoms with Crippen molar-refractivity contribution in [1.29, 1.82) is 0 Å². The Hall–Kier alpha value is -1.49. The Morgan fingerprint density at radius 2 is 2.06 bits per heavy atom. The molecule has 17 heavy (non-hydrogen) atoms. The van der Waals surface area contributed by atoms with Crippen LogP contribution in [0.4, 0.5) is 8.78 Å². The number of nitrogens with one attached hydrogen (secondary N) is 1. The molecule has 1 aromatic carbocycles. The quantitative estimate of drug-likeness (QED) is 0.805. The summed E-state index contributed by atoms with van der Waals surface area (Å²) in [6.07, 6.45) is 0. The summed E-state index contributed by atoms with van der Waals surface area (Å²) in [7, 11) is 0. The number of hydrogen-bond donors (Lipinski definition) is 1. The Bertz CT molecular complexity index is 396. The zero-order chi connectivity index (χ0) is 12.8. The van der Waals surface area contributed by atoms with Crippen molar-refractivity contribution < 1.29 is 18.3 Å². The zero-order valence-corrected chi connectivity index (χ0v) is 9.80. The summed E-state index contributed by atoms with van der Waals surface area (Å²) in [5.41, 5.74) is 0.351. The highest BCUT2D eigenvalue weighted by Gasteiger charge is 2.21. The number of hydrogen-bond acceptors (Lipinski definition) is 3. The summed E-state index contributed by atoms with van der Waals surface area (Å²) in [6, 6.07) is 2.59. The first kappa shape index (κ1) is 13.6. The Labute approximate surface area is 98.8 Å². The van der Waals surface area contributed by atoms with Crippen LogP contribution in [0.2, 0.25) is 0 Å². The normalized spacial score (nSPS) is 12.2. The molecular weight excluding hydrogens is 228 g/mol. The third-order valence-electron chi connectivity index (χ3n) is 2.21. The number of rotatable bonds is 5. The van der Waals surface area contributed by atoms with Gasteiger partial charge in [-0.2, -0.15) is 0 Å². The molecule has 0 aliphatic carbocycles. The fourth-order valence-corrected chi connectivity index (χ4v) is 1.46. The van der Waals surface area contributed by atoms with Gasteiger partial charge >= 0.3 is 5.97 Å². The molecule has 1 unspecified atom stereocenters. The summed E-state index contributed by atoms with van der Waals surface area (Å²) in [6.45, 7) is 4.26. The molecule has 1 N–H and O–H groups in total. The van der Waals surface area contributed by atoms with Gasteiger partial charge in [-0.05, 0) is 31.2 Å². The van der Waals surface area contributed by atoms with Crippen LogP contribution in [0.3, 0.4) is 0 Å². The summed E-state index contributed by atoms with van der Waals surface area (Å²) >= 11 is 0. The van der Waals surface area contributed by atoms with Gasteiger partial charge in [0.05, 0.1) is 6.61 Å². The average Bonchev–Trinajstić information content (AvgIpc) is 2.30. The highest BCUT2D eigenvalue weighted by molar-refractivity contribution is 5.77. The summed E-state index contributed by atoms with van der Waals surface area (Å²) < 4.78 is 30.7. The maximum Gasteiger partial charge on any atom is 0.327 e. The average molecular weight is 243 g/mol. The molecule has 0 spiro atoms. The van der Waals surface area contributed by atoms with Crippen LogP contribution < -0.4 is 5.32 Å². The smallest absolute Gasteiger partial charge is 0.327 e. The summed E-state index contributed by atoms with van der Waals surface area (Å²) in [5.74, 6) is -2.41. The largest absolute Gasteiger partial charge is 0.465 e. The van der Waals surface area contributed by atoms with Crippen molar-refractivity contribution in [3.05, 3.63) is 35.4 Å². The van der Waals surface area contributed by atoms with E-state index in [0.29, 0.717) is 12.1 Å². The summed E-state index contributed by atoms with van der Waals surface area (Å²) in [5, 5.41) is 2.87. The first-order valence-corrected chi connectivity index (χ1v) is 5.45. The van der Waals surface area contributed by atoms with Gasteiger partial charge in [0.2, 0.25) is 0 Å². The molecule has 0 aliphatic heterocycles. The maximum absolute atomic E-state index is 13.1. The van der Waals surface area contributed by atoms with Crippen molar-refractivity contribution in [2.45, 2.75) is 19.9 Å². The van der Waals surface area contributed by atoms with Crippen LogP contribution in [-0.4, -0.2) is 19.1 Å². The molecule has 94 valence electrons. The van der Waals surface area contributed by atoms with Crippen LogP contribution in [-0.2, 0) is 9.53 Å². The molecule has 0 saturated heterocycles. The second-order valence-corrected chi connectivity index (χ2v) is 3.42. The van der Waals surface area contributed by atoms with E-state index in [0.717, 1.165) is 12.1 Å². The lowest BCUT2D eigenvalue weighted by atomic mass is 10.1.